The molecule has 40 heavy (non-hydrogen) atoms. The molecule has 0 saturated carbocycles. The molecule has 0 radical (unpaired) electrons. The molecule has 3 rings (SSSR count). The van der Waals surface area contributed by atoms with Crippen LogP contribution in [0.3, 0.4) is 0 Å². The molecule has 0 bridgehead atoms. The van der Waals surface area contributed by atoms with Gasteiger partial charge in [0.15, 0.2) is 5.88 Å². The Bertz CT molecular complexity index is 1080. The summed E-state index contributed by atoms with van der Waals surface area (Å²) in [6.07, 6.45) is 15.6. The van der Waals surface area contributed by atoms with Gasteiger partial charge in [0.1, 0.15) is 11.6 Å². The van der Waals surface area contributed by atoms with Gasteiger partial charge in [-0.05, 0) is 62.3 Å². The highest BCUT2D eigenvalue weighted by molar-refractivity contribution is 5.66. The Morgan fingerprint density at radius 3 is 2.48 bits per heavy atom. The van der Waals surface area contributed by atoms with Crippen molar-refractivity contribution in [3.05, 3.63) is 76.2 Å². The zero-order valence-electron chi connectivity index (χ0n) is 24.5. The average Bonchev–Trinajstić information content (AvgIpc) is 2.97. The number of allylic oxidation sites excluding steroid dienone is 8. The molecule has 1 aromatic heterocycles. The lowest BCUT2D eigenvalue weighted by Gasteiger charge is -2.27. The largest absolute Gasteiger partial charge is 0.482 e. The van der Waals surface area contributed by atoms with Crippen molar-refractivity contribution in [2.24, 2.45) is 0 Å². The molecule has 9 heteroatoms. The molecule has 1 aromatic rings. The van der Waals surface area contributed by atoms with Gasteiger partial charge in [-0.25, -0.2) is 9.37 Å². The number of nitrogens with zero attached hydrogens (tertiary/aromatic N) is 2. The highest BCUT2D eigenvalue weighted by Gasteiger charge is 2.32. The maximum absolute atomic E-state index is 14.0. The van der Waals surface area contributed by atoms with Crippen LogP contribution >= 0.6 is 0 Å². The number of ether oxygens (including phenoxy) is 1. The van der Waals surface area contributed by atoms with Crippen molar-refractivity contribution >= 4 is 11.9 Å². The zero-order valence-corrected chi connectivity index (χ0v) is 24.5. The predicted molar refractivity (Wildman–Crippen MR) is 158 cm³/mol. The van der Waals surface area contributed by atoms with Crippen molar-refractivity contribution in [3.63, 3.8) is 0 Å². The van der Waals surface area contributed by atoms with Gasteiger partial charge in [0.2, 0.25) is 0 Å². The Morgan fingerprint density at radius 2 is 1.93 bits per heavy atom. The van der Waals surface area contributed by atoms with Gasteiger partial charge in [-0.3, -0.25) is 0 Å². The van der Waals surface area contributed by atoms with Crippen LogP contribution in [0.15, 0.2) is 65.1 Å². The molecule has 0 spiro atoms. The van der Waals surface area contributed by atoms with E-state index in [1.807, 2.05) is 39.1 Å². The van der Waals surface area contributed by atoms with E-state index in [0.717, 1.165) is 67.2 Å². The summed E-state index contributed by atoms with van der Waals surface area (Å²) in [5, 5.41) is 3.11. The number of hydrogen-bond donors (Lipinski definition) is 2. The van der Waals surface area contributed by atoms with Crippen molar-refractivity contribution in [2.75, 3.05) is 26.4 Å². The second-order valence-corrected chi connectivity index (χ2v) is 8.49. The number of likely N-dealkylation sites (tertiary alicyclic amines) is 1. The monoisotopic (exact) mass is 564 g/mol. The molecular weight excluding hydrogens is 520 g/mol. The lowest BCUT2D eigenvalue weighted by atomic mass is 10.0. The summed E-state index contributed by atoms with van der Waals surface area (Å²) in [6, 6.07) is 1.95. The summed E-state index contributed by atoms with van der Waals surface area (Å²) in [4.78, 5) is 6.10. The maximum Gasteiger partial charge on any atom is 0.416 e. The third kappa shape index (κ3) is 12.0. The van der Waals surface area contributed by atoms with Crippen LogP contribution in [0.2, 0.25) is 0 Å². The number of nitrogens with two attached hydrogens (primary N) is 1. The first-order chi connectivity index (χ1) is 19.1. The Kier molecular flexibility index (Phi) is 17.6. The van der Waals surface area contributed by atoms with Crippen LogP contribution in [-0.4, -0.2) is 36.8 Å². The Morgan fingerprint density at radius 1 is 1.25 bits per heavy atom. The molecule has 0 atom stereocenters. The van der Waals surface area contributed by atoms with E-state index >= 15 is 0 Å². The van der Waals surface area contributed by atoms with E-state index in [1.165, 1.54) is 13.0 Å². The number of aromatic nitrogens is 1. The highest BCUT2D eigenvalue weighted by Crippen LogP contribution is 2.31. The molecule has 1 saturated heterocycles. The number of alkyl halides is 3. The molecule has 3 N–H and O–H groups in total. The van der Waals surface area contributed by atoms with Crippen molar-refractivity contribution < 1.29 is 22.3 Å². The topological polar surface area (TPSA) is 63.4 Å². The number of halogens is 4. The molecular formula is C31H44F4N4O. The van der Waals surface area contributed by atoms with Crippen molar-refractivity contribution in [3.8, 4) is 12.8 Å². The molecule has 5 nitrogen and oxygen atoms in total. The fourth-order valence-electron chi connectivity index (χ4n) is 3.90. The first-order valence-corrected chi connectivity index (χ1v) is 13.4. The van der Waals surface area contributed by atoms with Gasteiger partial charge in [-0.15, -0.1) is 12.8 Å². The Balaban J connectivity index is 0.000000750. The van der Waals surface area contributed by atoms with Gasteiger partial charge in [0.05, 0.1) is 12.7 Å². The molecule has 0 amide bonds. The number of rotatable bonds is 6. The summed E-state index contributed by atoms with van der Waals surface area (Å²) < 4.78 is 58.1. The lowest BCUT2D eigenvalue weighted by molar-refractivity contribution is -0.0884. The fraction of sp³-hybridized carbons (Fsp3) is 0.452. The van der Waals surface area contributed by atoms with Gasteiger partial charge < -0.3 is 20.7 Å². The summed E-state index contributed by atoms with van der Waals surface area (Å²) in [7, 11) is 3.58. The molecule has 222 valence electrons. The van der Waals surface area contributed by atoms with Crippen LogP contribution in [-0.2, 0) is 11.3 Å². The van der Waals surface area contributed by atoms with E-state index in [9.17, 15) is 17.6 Å². The van der Waals surface area contributed by atoms with E-state index in [4.69, 9.17) is 10.5 Å². The summed E-state index contributed by atoms with van der Waals surface area (Å²) in [6.45, 7) is 8.78. The predicted octanol–water partition coefficient (Wildman–Crippen LogP) is 8.06. The highest BCUT2D eigenvalue weighted by atomic mass is 19.4. The van der Waals surface area contributed by atoms with Crippen LogP contribution in [0.1, 0.15) is 70.9 Å². The normalized spacial score (nSPS) is 16.5. The molecule has 2 aliphatic heterocycles. The van der Waals surface area contributed by atoms with E-state index in [2.05, 4.69) is 28.0 Å². The van der Waals surface area contributed by atoms with Gasteiger partial charge in [0.25, 0.3) is 0 Å². The number of hydrogen-bond acceptors (Lipinski definition) is 5. The first kappa shape index (κ1) is 36.3. The number of terminal acetylenes is 1. The smallest absolute Gasteiger partial charge is 0.416 e. The fourth-order valence-corrected chi connectivity index (χ4v) is 3.90. The molecule has 2 aliphatic rings. The van der Waals surface area contributed by atoms with Gasteiger partial charge >= 0.3 is 6.18 Å². The zero-order chi connectivity index (χ0) is 30.7. The summed E-state index contributed by atoms with van der Waals surface area (Å²) in [5.41, 5.74) is 8.17. The number of nitrogens with one attached hydrogen (secondary N) is 1. The minimum atomic E-state index is -4.47. The van der Waals surface area contributed by atoms with Gasteiger partial charge in [-0.1, -0.05) is 39.0 Å². The SMILES string of the molecule is C#C.CC.COC1=Cc2c(ccnc2N)CN1.C\C=C(F)/C(=C\C(=C\CC)C(F)(F)F)C/C=C1/CCCCN1C. The van der Waals surface area contributed by atoms with Gasteiger partial charge in [0, 0.05) is 43.7 Å². The second-order valence-electron chi connectivity index (χ2n) is 8.49. The standard InChI is InChI=1S/C18H25F4N.C9H11N3O.C2H6.C2H2/c1-4-8-15(18(20,21)22)13-14(17(19)5-2)10-11-16-9-6-7-12-23(16)3;1-13-8-4-7-6(5-12-8)2-3-11-9(7)10;2*1-2/h5,8,11,13H,4,6-7,9-10,12H2,1-3H3;2-4,12H,5H2,1H3,(H2,10,11);1-2H3;1-2H/b14-13-,15-8-,16-11-,17-5+;;;. The van der Waals surface area contributed by atoms with Crippen LogP contribution in [0.25, 0.3) is 6.08 Å². The van der Waals surface area contributed by atoms with E-state index < -0.39 is 17.6 Å². The van der Waals surface area contributed by atoms with Crippen molar-refractivity contribution in [1.82, 2.24) is 15.2 Å². The molecule has 0 unspecified atom stereocenters. The molecule has 0 aliphatic carbocycles. The number of anilines is 1. The van der Waals surface area contributed by atoms with Crippen LogP contribution in [0, 0.1) is 12.8 Å². The van der Waals surface area contributed by atoms with E-state index in [1.54, 1.807) is 20.2 Å². The minimum absolute atomic E-state index is 0.0657. The third-order valence-electron chi connectivity index (χ3n) is 5.93. The maximum atomic E-state index is 14.0. The average molecular weight is 565 g/mol. The lowest BCUT2D eigenvalue weighted by Crippen LogP contribution is -2.23. The Labute approximate surface area is 237 Å². The van der Waals surface area contributed by atoms with Crippen LogP contribution in [0.5, 0.6) is 0 Å². The number of fused-ring (bicyclic) bond motifs is 1. The van der Waals surface area contributed by atoms with Crippen LogP contribution in [0.4, 0.5) is 23.4 Å². The molecule has 3 heterocycles. The summed E-state index contributed by atoms with van der Waals surface area (Å²) >= 11 is 0. The first-order valence-electron chi connectivity index (χ1n) is 13.4. The molecule has 1 fully saturated rings. The second kappa shape index (κ2) is 19.4. The summed E-state index contributed by atoms with van der Waals surface area (Å²) in [5.74, 6) is 0.673. The Hall–Kier alpha value is -3.67. The van der Waals surface area contributed by atoms with E-state index in [-0.39, 0.29) is 18.4 Å². The van der Waals surface area contributed by atoms with Crippen molar-refractivity contribution in [2.45, 2.75) is 72.5 Å². The number of nitrogen functional groups attached to an aromatic ring is 1. The quantitative estimate of drug-likeness (QED) is 0.208. The van der Waals surface area contributed by atoms with E-state index in [0.29, 0.717) is 5.82 Å². The number of pyridine rings is 1. The third-order valence-corrected chi connectivity index (χ3v) is 5.93. The van der Waals surface area contributed by atoms with Crippen LogP contribution < -0.4 is 11.1 Å². The van der Waals surface area contributed by atoms with Gasteiger partial charge in [-0.2, -0.15) is 13.2 Å². The number of piperidine rings is 1. The van der Waals surface area contributed by atoms with Crippen molar-refractivity contribution in [1.29, 1.82) is 0 Å². The molecule has 0 aromatic carbocycles. The number of methoxy groups -OCH3 is 1. The minimum Gasteiger partial charge on any atom is -0.482 e.